The van der Waals surface area contributed by atoms with E-state index >= 15 is 0 Å². The lowest BCUT2D eigenvalue weighted by Gasteiger charge is -2.18. The highest BCUT2D eigenvalue weighted by Gasteiger charge is 2.34. The van der Waals surface area contributed by atoms with Crippen LogP contribution in [0.5, 0.6) is 0 Å². The molecule has 0 aliphatic rings. The van der Waals surface area contributed by atoms with Crippen molar-refractivity contribution in [1.82, 2.24) is 5.32 Å². The Morgan fingerprint density at radius 1 is 1.67 bits per heavy atom. The third-order valence-electron chi connectivity index (χ3n) is 0.820. The Kier molecular flexibility index (Phi) is 5.01. The van der Waals surface area contributed by atoms with Crippen LogP contribution in [0.25, 0.3) is 0 Å². The van der Waals surface area contributed by atoms with Gasteiger partial charge in [-0.3, -0.25) is 0 Å². The summed E-state index contributed by atoms with van der Waals surface area (Å²) in [6, 6.07) is 0. The van der Waals surface area contributed by atoms with E-state index in [1.54, 1.807) is 6.92 Å². The smallest absolute Gasteiger partial charge is 0.409 e. The molecule has 0 aliphatic heterocycles. The zero-order valence-corrected chi connectivity index (χ0v) is 8.45. The van der Waals surface area contributed by atoms with Crippen molar-refractivity contribution in [2.24, 2.45) is 0 Å². The zero-order valence-electron chi connectivity index (χ0n) is 6.18. The Morgan fingerprint density at radius 3 is 2.50 bits per heavy atom. The van der Waals surface area contributed by atoms with Crippen molar-refractivity contribution in [1.29, 1.82) is 0 Å². The fourth-order valence-corrected chi connectivity index (χ4v) is 0.488. The summed E-state index contributed by atoms with van der Waals surface area (Å²) < 4.78 is 2.24. The highest BCUT2D eigenvalue weighted by Crippen LogP contribution is 2.30. The molecular formula is C5H8Cl3NO3. The molecule has 0 radical (unpaired) electrons. The molecule has 0 saturated carbocycles. The second-order valence-electron chi connectivity index (χ2n) is 1.83. The number of halogens is 3. The van der Waals surface area contributed by atoms with Crippen LogP contribution in [0.2, 0.25) is 0 Å². The predicted molar refractivity (Wildman–Crippen MR) is 46.5 cm³/mol. The molecule has 0 saturated heterocycles. The Bertz CT molecular complexity index is 159. The van der Waals surface area contributed by atoms with Crippen LogP contribution in [0.1, 0.15) is 6.92 Å². The molecule has 7 heteroatoms. The van der Waals surface area contributed by atoms with E-state index in [2.05, 4.69) is 10.1 Å². The lowest BCUT2D eigenvalue weighted by Crippen LogP contribution is -2.35. The third kappa shape index (κ3) is 4.87. The molecule has 12 heavy (non-hydrogen) atoms. The molecule has 0 aromatic carbocycles. The number of carbonyl (C=O) groups is 1. The minimum Gasteiger partial charge on any atom is -0.415 e. The largest absolute Gasteiger partial charge is 0.415 e. The number of rotatable bonds is 2. The van der Waals surface area contributed by atoms with Crippen molar-refractivity contribution < 1.29 is 14.6 Å². The number of carbonyl (C=O) groups excluding carboxylic acids is 1. The van der Waals surface area contributed by atoms with Crippen LogP contribution in [0.4, 0.5) is 4.79 Å². The monoisotopic (exact) mass is 235 g/mol. The van der Waals surface area contributed by atoms with Gasteiger partial charge < -0.3 is 15.2 Å². The number of alkyl carbamates (subject to hydrolysis) is 1. The van der Waals surface area contributed by atoms with Gasteiger partial charge in [0.05, 0.1) is 0 Å². The van der Waals surface area contributed by atoms with Gasteiger partial charge in [0.15, 0.2) is 0 Å². The van der Waals surface area contributed by atoms with Crippen molar-refractivity contribution in [3.8, 4) is 0 Å². The predicted octanol–water partition coefficient (Wildman–Crippen LogP) is 1.42. The van der Waals surface area contributed by atoms with Gasteiger partial charge in [0.1, 0.15) is 0 Å². The molecule has 2 N–H and O–H groups in total. The van der Waals surface area contributed by atoms with Crippen LogP contribution in [0.15, 0.2) is 0 Å². The first-order chi connectivity index (χ1) is 5.38. The van der Waals surface area contributed by atoms with Crippen molar-refractivity contribution in [2.45, 2.75) is 17.0 Å². The first kappa shape index (κ1) is 12.1. The molecule has 0 heterocycles. The van der Waals surface area contributed by atoms with Crippen LogP contribution in [-0.2, 0) is 4.74 Å². The molecular weight excluding hydrogens is 228 g/mol. The summed E-state index contributed by atoms with van der Waals surface area (Å²) in [4.78, 5) is 10.6. The summed E-state index contributed by atoms with van der Waals surface area (Å²) in [5.74, 6) is 0. The highest BCUT2D eigenvalue weighted by atomic mass is 35.6. The van der Waals surface area contributed by atoms with Crippen molar-refractivity contribution in [2.75, 3.05) is 6.54 Å². The molecule has 72 valence electrons. The Labute approximate surface area is 84.7 Å². The van der Waals surface area contributed by atoms with Crippen LogP contribution < -0.4 is 5.32 Å². The summed E-state index contributed by atoms with van der Waals surface area (Å²) in [6.07, 6.45) is -2.61. The van der Waals surface area contributed by atoms with E-state index in [0.717, 1.165) is 0 Å². The van der Waals surface area contributed by atoms with Crippen LogP contribution in [-0.4, -0.2) is 27.8 Å². The van der Waals surface area contributed by atoms with Gasteiger partial charge in [-0.15, -0.1) is 0 Å². The summed E-state index contributed by atoms with van der Waals surface area (Å²) in [5.41, 5.74) is 0. The van der Waals surface area contributed by atoms with Gasteiger partial charge in [0.2, 0.25) is 6.29 Å². The molecule has 1 unspecified atom stereocenters. The molecule has 0 aromatic heterocycles. The van der Waals surface area contributed by atoms with E-state index in [4.69, 9.17) is 39.9 Å². The maximum Gasteiger partial charge on any atom is 0.409 e. The second kappa shape index (κ2) is 4.97. The minimum atomic E-state index is -2.02. The maximum absolute atomic E-state index is 10.6. The molecule has 0 bridgehead atoms. The zero-order chi connectivity index (χ0) is 9.78. The number of alkyl halides is 3. The van der Waals surface area contributed by atoms with Crippen molar-refractivity contribution in [3.63, 3.8) is 0 Å². The molecule has 0 aliphatic carbocycles. The maximum atomic E-state index is 10.6. The number of ether oxygens (including phenoxy) is 1. The standard InChI is InChI=1S/C5H8Cl3NO3/c1-2-9-4(11)12-3(10)5(6,7)8/h3,10H,2H2,1H3,(H,9,11). The Balaban J connectivity index is 3.84. The minimum absolute atomic E-state index is 0.366. The van der Waals surface area contributed by atoms with E-state index < -0.39 is 16.2 Å². The number of aliphatic hydroxyl groups excluding tert-OH is 1. The summed E-state index contributed by atoms with van der Waals surface area (Å²) in [7, 11) is 0. The fraction of sp³-hybridized carbons (Fsp3) is 0.800. The molecule has 1 amide bonds. The normalized spacial score (nSPS) is 13.8. The van der Waals surface area contributed by atoms with E-state index in [0.29, 0.717) is 6.54 Å². The van der Waals surface area contributed by atoms with E-state index in [9.17, 15) is 4.79 Å². The van der Waals surface area contributed by atoms with Gasteiger partial charge in [-0.25, -0.2) is 4.79 Å². The summed E-state index contributed by atoms with van der Waals surface area (Å²) >= 11 is 15.6. The first-order valence-electron chi connectivity index (χ1n) is 3.07. The number of nitrogens with one attached hydrogen (secondary N) is 1. The second-order valence-corrected chi connectivity index (χ2v) is 4.20. The SMILES string of the molecule is CCNC(=O)OC(O)C(Cl)(Cl)Cl. The summed E-state index contributed by atoms with van der Waals surface area (Å²) in [6.45, 7) is 2.05. The molecule has 0 rings (SSSR count). The third-order valence-corrected chi connectivity index (χ3v) is 1.38. The van der Waals surface area contributed by atoms with E-state index in [1.165, 1.54) is 0 Å². The Hall–Kier alpha value is 0.1000. The van der Waals surface area contributed by atoms with Crippen LogP contribution in [0, 0.1) is 0 Å². The topological polar surface area (TPSA) is 58.6 Å². The number of hydrogen-bond acceptors (Lipinski definition) is 3. The number of hydrogen-bond donors (Lipinski definition) is 2. The van der Waals surface area contributed by atoms with Gasteiger partial charge in [-0.1, -0.05) is 34.8 Å². The number of amides is 1. The quantitative estimate of drug-likeness (QED) is 0.563. The van der Waals surface area contributed by atoms with Gasteiger partial charge in [-0.05, 0) is 6.92 Å². The lowest BCUT2D eigenvalue weighted by atomic mass is 10.7. The van der Waals surface area contributed by atoms with E-state index in [-0.39, 0.29) is 0 Å². The molecule has 0 spiro atoms. The van der Waals surface area contributed by atoms with Crippen LogP contribution >= 0.6 is 34.8 Å². The van der Waals surface area contributed by atoms with Crippen LogP contribution in [0.3, 0.4) is 0 Å². The highest BCUT2D eigenvalue weighted by molar-refractivity contribution is 6.67. The first-order valence-corrected chi connectivity index (χ1v) is 4.20. The molecule has 0 aromatic rings. The van der Waals surface area contributed by atoms with Crippen molar-refractivity contribution in [3.05, 3.63) is 0 Å². The van der Waals surface area contributed by atoms with Gasteiger partial charge in [0.25, 0.3) is 3.79 Å². The fourth-order valence-electron chi connectivity index (χ4n) is 0.354. The van der Waals surface area contributed by atoms with Gasteiger partial charge >= 0.3 is 6.09 Å². The van der Waals surface area contributed by atoms with Crippen molar-refractivity contribution >= 4 is 40.9 Å². The molecule has 1 atom stereocenters. The lowest BCUT2D eigenvalue weighted by molar-refractivity contribution is -0.0479. The Morgan fingerprint density at radius 2 is 2.17 bits per heavy atom. The number of aliphatic hydroxyl groups is 1. The van der Waals surface area contributed by atoms with Gasteiger partial charge in [-0.2, -0.15) is 0 Å². The average Bonchev–Trinajstić information content (AvgIpc) is 1.85. The summed E-state index contributed by atoms with van der Waals surface area (Å²) in [5, 5.41) is 11.2. The average molecular weight is 236 g/mol. The molecule has 0 fully saturated rings. The molecule has 4 nitrogen and oxygen atoms in total. The van der Waals surface area contributed by atoms with Gasteiger partial charge in [0, 0.05) is 6.54 Å². The van der Waals surface area contributed by atoms with E-state index in [1.807, 2.05) is 0 Å².